The molecule has 2 N–H and O–H groups in total. The van der Waals surface area contributed by atoms with Crippen LogP contribution in [-0.4, -0.2) is 24.1 Å². The maximum Gasteiger partial charge on any atom is 0.242 e. The number of aliphatic hydroxyl groups is 1. The van der Waals surface area contributed by atoms with Crippen LogP contribution in [0.4, 0.5) is 0 Å². The molecule has 1 aromatic rings. The van der Waals surface area contributed by atoms with Gasteiger partial charge in [-0.25, -0.2) is 13.1 Å². The summed E-state index contributed by atoms with van der Waals surface area (Å²) in [6.45, 7) is 5.71. The zero-order valence-electron chi connectivity index (χ0n) is 13.0. The minimum absolute atomic E-state index is 0.0440. The number of hydrogen-bond donors (Lipinski definition) is 2. The monoisotopic (exact) mass is 314 g/mol. The molecular weight excluding hydrogens is 288 g/mol. The van der Waals surface area contributed by atoms with Crippen molar-refractivity contribution in [2.45, 2.75) is 70.0 Å². The molecule has 1 aliphatic carbocycles. The van der Waals surface area contributed by atoms with Crippen LogP contribution in [0.3, 0.4) is 0 Å². The van der Waals surface area contributed by atoms with Gasteiger partial charge in [-0.15, -0.1) is 0 Å². The molecule has 5 nitrogen and oxygen atoms in total. The molecule has 21 heavy (non-hydrogen) atoms. The third kappa shape index (κ3) is 3.67. The zero-order chi connectivity index (χ0) is 15.6. The number of rotatable bonds is 6. The fraction of sp³-hybridized carbons (Fsp3) is 0.733. The molecular formula is C15H26N2O3S. The zero-order valence-corrected chi connectivity index (χ0v) is 13.9. The summed E-state index contributed by atoms with van der Waals surface area (Å²) in [4.78, 5) is 0.241. The van der Waals surface area contributed by atoms with E-state index in [1.54, 1.807) is 16.8 Å². The van der Waals surface area contributed by atoms with Gasteiger partial charge < -0.3 is 9.67 Å². The number of nitrogens with one attached hydrogen (secondary N) is 1. The summed E-state index contributed by atoms with van der Waals surface area (Å²) in [6, 6.07) is 1.63. The van der Waals surface area contributed by atoms with E-state index in [0.717, 1.165) is 12.8 Å². The molecule has 6 heteroatoms. The average Bonchev–Trinajstić information content (AvgIpc) is 3.07. The van der Waals surface area contributed by atoms with Crippen molar-refractivity contribution >= 4 is 10.0 Å². The molecule has 1 saturated carbocycles. The predicted molar refractivity (Wildman–Crippen MR) is 82.5 cm³/mol. The smallest absolute Gasteiger partial charge is 0.242 e. The highest BCUT2D eigenvalue weighted by Gasteiger charge is 2.27. The molecule has 0 amide bonds. The Morgan fingerprint density at radius 3 is 2.43 bits per heavy atom. The molecule has 1 unspecified atom stereocenters. The Hall–Kier alpha value is -0.850. The Kier molecular flexibility index (Phi) is 5.11. The van der Waals surface area contributed by atoms with E-state index in [-0.39, 0.29) is 23.6 Å². The van der Waals surface area contributed by atoms with Crippen molar-refractivity contribution in [1.29, 1.82) is 0 Å². The second kappa shape index (κ2) is 6.50. The maximum absolute atomic E-state index is 12.5. The summed E-state index contributed by atoms with van der Waals surface area (Å²) in [5, 5.41) is 9.36. The SMILES string of the molecule is CC(NS(=O)(=O)c1cc(CO)n(C(C)C)c1)C1CCCC1. The third-order valence-electron chi connectivity index (χ3n) is 4.38. The van der Waals surface area contributed by atoms with Gasteiger partial charge in [-0.05, 0) is 45.6 Å². The molecule has 1 fully saturated rings. The lowest BCUT2D eigenvalue weighted by molar-refractivity contribution is 0.268. The molecule has 0 saturated heterocycles. The first-order valence-electron chi connectivity index (χ1n) is 7.69. The van der Waals surface area contributed by atoms with E-state index >= 15 is 0 Å². The highest BCUT2D eigenvalue weighted by atomic mass is 32.2. The molecule has 120 valence electrons. The molecule has 0 bridgehead atoms. The van der Waals surface area contributed by atoms with Gasteiger partial charge in [-0.1, -0.05) is 12.8 Å². The van der Waals surface area contributed by atoms with Gasteiger partial charge in [0.15, 0.2) is 0 Å². The van der Waals surface area contributed by atoms with E-state index in [0.29, 0.717) is 11.6 Å². The minimum atomic E-state index is -3.52. The first-order valence-corrected chi connectivity index (χ1v) is 9.17. The number of nitrogens with zero attached hydrogens (tertiary/aromatic N) is 1. The van der Waals surface area contributed by atoms with Crippen LogP contribution in [-0.2, 0) is 16.6 Å². The Labute approximate surface area is 127 Å². The molecule has 0 spiro atoms. The number of hydrogen-bond acceptors (Lipinski definition) is 3. The van der Waals surface area contributed by atoms with Crippen LogP contribution in [0.2, 0.25) is 0 Å². The first-order chi connectivity index (χ1) is 9.85. The van der Waals surface area contributed by atoms with E-state index in [1.165, 1.54) is 12.8 Å². The first kappa shape index (κ1) is 16.5. The van der Waals surface area contributed by atoms with Gasteiger partial charge in [0, 0.05) is 24.0 Å². The van der Waals surface area contributed by atoms with Crippen LogP contribution < -0.4 is 4.72 Å². The van der Waals surface area contributed by atoms with E-state index in [1.807, 2.05) is 20.8 Å². The second-order valence-electron chi connectivity index (χ2n) is 6.28. The van der Waals surface area contributed by atoms with Crippen LogP contribution in [0.5, 0.6) is 0 Å². The topological polar surface area (TPSA) is 71.3 Å². The Bertz CT molecular complexity index is 572. The van der Waals surface area contributed by atoms with Crippen LogP contribution in [0.1, 0.15) is 58.2 Å². The quantitative estimate of drug-likeness (QED) is 0.847. The Balaban J connectivity index is 2.19. The van der Waals surface area contributed by atoms with Gasteiger partial charge in [0.2, 0.25) is 10.0 Å². The second-order valence-corrected chi connectivity index (χ2v) is 7.99. The minimum Gasteiger partial charge on any atom is -0.390 e. The van der Waals surface area contributed by atoms with E-state index in [4.69, 9.17) is 0 Å². The summed E-state index contributed by atoms with van der Waals surface area (Å²) in [5.74, 6) is 0.435. The van der Waals surface area contributed by atoms with Crippen LogP contribution in [0, 0.1) is 5.92 Å². The lowest BCUT2D eigenvalue weighted by Gasteiger charge is -2.19. The van der Waals surface area contributed by atoms with E-state index in [2.05, 4.69) is 4.72 Å². The van der Waals surface area contributed by atoms with Crippen molar-refractivity contribution < 1.29 is 13.5 Å². The lowest BCUT2D eigenvalue weighted by Crippen LogP contribution is -2.37. The van der Waals surface area contributed by atoms with Crippen molar-refractivity contribution in [2.75, 3.05) is 0 Å². The van der Waals surface area contributed by atoms with Crippen molar-refractivity contribution in [3.63, 3.8) is 0 Å². The normalized spacial score (nSPS) is 18.5. The van der Waals surface area contributed by atoms with Crippen LogP contribution in [0.15, 0.2) is 17.2 Å². The number of sulfonamides is 1. The summed E-state index contributed by atoms with van der Waals surface area (Å²) in [6.07, 6.45) is 6.18. The summed E-state index contributed by atoms with van der Waals surface area (Å²) in [5.41, 5.74) is 0.624. The molecule has 1 aromatic heterocycles. The Morgan fingerprint density at radius 1 is 1.33 bits per heavy atom. The molecule has 1 heterocycles. The van der Waals surface area contributed by atoms with E-state index in [9.17, 15) is 13.5 Å². The number of aliphatic hydroxyl groups excluding tert-OH is 1. The summed E-state index contributed by atoms with van der Waals surface area (Å²) in [7, 11) is -3.52. The van der Waals surface area contributed by atoms with Crippen molar-refractivity contribution in [3.8, 4) is 0 Å². The van der Waals surface area contributed by atoms with Crippen molar-refractivity contribution in [3.05, 3.63) is 18.0 Å². The van der Waals surface area contributed by atoms with Gasteiger partial charge in [-0.3, -0.25) is 0 Å². The molecule has 2 rings (SSSR count). The van der Waals surface area contributed by atoms with Gasteiger partial charge >= 0.3 is 0 Å². The fourth-order valence-electron chi connectivity index (χ4n) is 3.12. The van der Waals surface area contributed by atoms with Gasteiger partial charge in [0.05, 0.1) is 11.5 Å². The summed E-state index contributed by atoms with van der Waals surface area (Å²) >= 11 is 0. The Morgan fingerprint density at radius 2 is 1.95 bits per heavy atom. The van der Waals surface area contributed by atoms with Gasteiger partial charge in [0.1, 0.15) is 0 Å². The molecule has 0 aliphatic heterocycles. The highest BCUT2D eigenvalue weighted by Crippen LogP contribution is 2.28. The highest BCUT2D eigenvalue weighted by molar-refractivity contribution is 7.89. The van der Waals surface area contributed by atoms with E-state index < -0.39 is 10.0 Å². The van der Waals surface area contributed by atoms with Crippen LogP contribution in [0.25, 0.3) is 0 Å². The number of aromatic nitrogens is 1. The van der Waals surface area contributed by atoms with Crippen molar-refractivity contribution in [2.24, 2.45) is 5.92 Å². The average molecular weight is 314 g/mol. The standard InChI is InChI=1S/C15H26N2O3S/c1-11(2)17-9-15(8-14(17)10-18)21(19,20)16-12(3)13-6-4-5-7-13/h8-9,11-13,16,18H,4-7,10H2,1-3H3. The molecule has 0 radical (unpaired) electrons. The molecule has 1 atom stereocenters. The summed E-state index contributed by atoms with van der Waals surface area (Å²) < 4.78 is 29.6. The maximum atomic E-state index is 12.5. The largest absolute Gasteiger partial charge is 0.390 e. The molecule has 1 aliphatic rings. The van der Waals surface area contributed by atoms with Crippen LogP contribution >= 0.6 is 0 Å². The lowest BCUT2D eigenvalue weighted by atomic mass is 10.0. The fourth-order valence-corrected chi connectivity index (χ4v) is 4.48. The predicted octanol–water partition coefficient (Wildman–Crippen LogP) is 2.42. The van der Waals surface area contributed by atoms with Gasteiger partial charge in [0.25, 0.3) is 0 Å². The molecule has 0 aromatic carbocycles. The van der Waals surface area contributed by atoms with Gasteiger partial charge in [-0.2, -0.15) is 0 Å². The third-order valence-corrected chi connectivity index (χ3v) is 5.91. The van der Waals surface area contributed by atoms with Crippen molar-refractivity contribution in [1.82, 2.24) is 9.29 Å².